The third-order valence-electron chi connectivity index (χ3n) is 5.71. The van der Waals surface area contributed by atoms with E-state index in [-0.39, 0.29) is 12.4 Å². The second-order valence-electron chi connectivity index (χ2n) is 7.14. The number of hydrogen-bond acceptors (Lipinski definition) is 5. The molecule has 1 saturated heterocycles. The van der Waals surface area contributed by atoms with Crippen LogP contribution in [0.4, 0.5) is 5.82 Å². The van der Waals surface area contributed by atoms with E-state index in [0.29, 0.717) is 11.9 Å². The van der Waals surface area contributed by atoms with Crippen molar-refractivity contribution in [3.63, 3.8) is 0 Å². The highest BCUT2D eigenvalue weighted by molar-refractivity contribution is 14.1. The van der Waals surface area contributed by atoms with Gasteiger partial charge in [-0.15, -0.1) is 12.4 Å². The first-order chi connectivity index (χ1) is 11.6. The first kappa shape index (κ1) is 19.1. The predicted octanol–water partition coefficient (Wildman–Crippen LogP) is 2.77. The van der Waals surface area contributed by atoms with E-state index in [1.807, 2.05) is 0 Å². The molecule has 0 aromatic carbocycles. The van der Waals surface area contributed by atoms with Gasteiger partial charge in [-0.3, -0.25) is 4.90 Å². The molecule has 6 nitrogen and oxygen atoms in total. The van der Waals surface area contributed by atoms with E-state index < -0.39 is 0 Å². The van der Waals surface area contributed by atoms with Gasteiger partial charge in [0, 0.05) is 48.0 Å². The van der Waals surface area contributed by atoms with Gasteiger partial charge in [-0.25, -0.2) is 9.97 Å². The van der Waals surface area contributed by atoms with Crippen molar-refractivity contribution in [2.24, 2.45) is 0 Å². The second-order valence-corrected chi connectivity index (χ2v) is 8.31. The molecule has 0 unspecified atom stereocenters. The first-order valence-electron chi connectivity index (χ1n) is 8.82. The number of nitrogens with two attached hydrogens (primary N) is 1. The van der Waals surface area contributed by atoms with Crippen LogP contribution in [0.25, 0.3) is 11.0 Å². The number of fused-ring (bicyclic) bond motifs is 1. The lowest BCUT2D eigenvalue weighted by Gasteiger charge is -2.41. The lowest BCUT2D eigenvalue weighted by molar-refractivity contribution is 0.0827. The molecule has 2 aliphatic rings. The van der Waals surface area contributed by atoms with Crippen molar-refractivity contribution in [2.45, 2.75) is 37.8 Å². The molecule has 0 radical (unpaired) electrons. The van der Waals surface area contributed by atoms with E-state index in [1.54, 1.807) is 6.33 Å². The molecule has 1 saturated carbocycles. The maximum absolute atomic E-state index is 6.05. The summed E-state index contributed by atoms with van der Waals surface area (Å²) in [6.07, 6.45) is 8.80. The van der Waals surface area contributed by atoms with Gasteiger partial charge < -0.3 is 15.2 Å². The topological polar surface area (TPSA) is 63.2 Å². The number of nitrogen functional groups attached to an aromatic ring is 1. The number of halogens is 2. The molecule has 0 bridgehead atoms. The number of piperazine rings is 1. The average Bonchev–Trinajstić information content (AvgIpc) is 2.94. The Morgan fingerprint density at radius 1 is 1.04 bits per heavy atom. The maximum Gasteiger partial charge on any atom is 0.146 e. The molecule has 138 valence electrons. The van der Waals surface area contributed by atoms with E-state index in [1.165, 1.54) is 51.9 Å². The Kier molecular flexibility index (Phi) is 6.07. The number of aromatic nitrogens is 3. The van der Waals surface area contributed by atoms with Crippen molar-refractivity contribution in [1.82, 2.24) is 24.3 Å². The molecule has 2 aromatic rings. The van der Waals surface area contributed by atoms with E-state index in [0.717, 1.165) is 20.6 Å². The van der Waals surface area contributed by atoms with Crippen LogP contribution in [0.2, 0.25) is 0 Å². The molecule has 3 heterocycles. The fourth-order valence-corrected chi connectivity index (χ4v) is 5.05. The standard InChI is InChI=1S/C17H25IN6.ClH/c1-22-6-8-23(9-7-22)12-2-4-13(5-3-12)24-10-14(18)15-16(19)20-11-21-17(15)24;/h10-13H,2-9H2,1H3,(H2,19,20,21);1H. The fraction of sp³-hybridized carbons (Fsp3) is 0.647. The van der Waals surface area contributed by atoms with Gasteiger partial charge in [0.15, 0.2) is 0 Å². The Balaban J connectivity index is 0.00000182. The normalized spacial score (nSPS) is 25.8. The molecular formula is C17H26ClIN6. The van der Waals surface area contributed by atoms with Crippen LogP contribution in [0.5, 0.6) is 0 Å². The second kappa shape index (κ2) is 7.94. The van der Waals surface area contributed by atoms with E-state index in [4.69, 9.17) is 5.73 Å². The Labute approximate surface area is 168 Å². The Morgan fingerprint density at radius 2 is 1.68 bits per heavy atom. The van der Waals surface area contributed by atoms with Crippen molar-refractivity contribution in [3.8, 4) is 0 Å². The molecule has 0 spiro atoms. The summed E-state index contributed by atoms with van der Waals surface area (Å²) in [6.45, 7) is 4.85. The average molecular weight is 477 g/mol. The molecule has 25 heavy (non-hydrogen) atoms. The van der Waals surface area contributed by atoms with Gasteiger partial charge in [-0.1, -0.05) is 0 Å². The third-order valence-corrected chi connectivity index (χ3v) is 6.52. The lowest BCUT2D eigenvalue weighted by atomic mass is 9.89. The molecule has 2 N–H and O–H groups in total. The van der Waals surface area contributed by atoms with Crippen LogP contribution in [-0.2, 0) is 0 Å². The quantitative estimate of drug-likeness (QED) is 0.676. The molecule has 1 aliphatic heterocycles. The van der Waals surface area contributed by atoms with Gasteiger partial charge in [-0.2, -0.15) is 0 Å². The summed E-state index contributed by atoms with van der Waals surface area (Å²) in [6, 6.07) is 1.30. The van der Waals surface area contributed by atoms with Crippen LogP contribution < -0.4 is 5.73 Å². The number of rotatable bonds is 2. The highest BCUT2D eigenvalue weighted by atomic mass is 127. The molecular weight excluding hydrogens is 451 g/mol. The zero-order valence-electron chi connectivity index (χ0n) is 14.6. The highest BCUT2D eigenvalue weighted by Gasteiger charge is 2.29. The first-order valence-corrected chi connectivity index (χ1v) is 9.90. The van der Waals surface area contributed by atoms with Crippen LogP contribution in [0, 0.1) is 3.57 Å². The van der Waals surface area contributed by atoms with Crippen molar-refractivity contribution < 1.29 is 0 Å². The van der Waals surface area contributed by atoms with Gasteiger partial charge in [-0.05, 0) is 55.3 Å². The third kappa shape index (κ3) is 3.74. The summed E-state index contributed by atoms with van der Waals surface area (Å²) in [5.74, 6) is 0.592. The summed E-state index contributed by atoms with van der Waals surface area (Å²) in [7, 11) is 2.22. The number of likely N-dealkylation sites (N-methyl/N-ethyl adjacent to an activating group) is 1. The van der Waals surface area contributed by atoms with Gasteiger partial charge in [0.2, 0.25) is 0 Å². The van der Waals surface area contributed by atoms with E-state index >= 15 is 0 Å². The van der Waals surface area contributed by atoms with Crippen LogP contribution >= 0.6 is 35.0 Å². The molecule has 1 aliphatic carbocycles. The van der Waals surface area contributed by atoms with Gasteiger partial charge in [0.25, 0.3) is 0 Å². The van der Waals surface area contributed by atoms with Gasteiger partial charge >= 0.3 is 0 Å². The predicted molar refractivity (Wildman–Crippen MR) is 112 cm³/mol. The zero-order valence-corrected chi connectivity index (χ0v) is 17.5. The highest BCUT2D eigenvalue weighted by Crippen LogP contribution is 2.35. The summed E-state index contributed by atoms with van der Waals surface area (Å²) in [5.41, 5.74) is 7.05. The molecule has 2 fully saturated rings. The van der Waals surface area contributed by atoms with E-state index in [2.05, 4.69) is 60.2 Å². The summed E-state index contributed by atoms with van der Waals surface area (Å²) < 4.78 is 3.50. The summed E-state index contributed by atoms with van der Waals surface area (Å²) in [4.78, 5) is 13.8. The van der Waals surface area contributed by atoms with Crippen molar-refractivity contribution in [3.05, 3.63) is 16.1 Å². The van der Waals surface area contributed by atoms with Crippen molar-refractivity contribution >= 4 is 51.8 Å². The van der Waals surface area contributed by atoms with Crippen molar-refractivity contribution in [2.75, 3.05) is 39.0 Å². The largest absolute Gasteiger partial charge is 0.383 e. The van der Waals surface area contributed by atoms with E-state index in [9.17, 15) is 0 Å². The zero-order chi connectivity index (χ0) is 16.7. The minimum Gasteiger partial charge on any atom is -0.383 e. The molecule has 0 atom stereocenters. The number of hydrogen-bond donors (Lipinski definition) is 1. The maximum atomic E-state index is 6.05. The van der Waals surface area contributed by atoms with Gasteiger partial charge in [0.1, 0.15) is 17.8 Å². The Morgan fingerprint density at radius 3 is 2.36 bits per heavy atom. The molecule has 0 amide bonds. The fourth-order valence-electron chi connectivity index (χ4n) is 4.23. The number of nitrogens with zero attached hydrogens (tertiary/aromatic N) is 5. The minimum atomic E-state index is 0. The number of anilines is 1. The Hall–Kier alpha value is -0.640. The molecule has 4 rings (SSSR count). The summed E-state index contributed by atoms with van der Waals surface area (Å²) >= 11 is 2.35. The minimum absolute atomic E-state index is 0. The monoisotopic (exact) mass is 476 g/mol. The van der Waals surface area contributed by atoms with Crippen LogP contribution in [0.3, 0.4) is 0 Å². The molecule has 8 heteroatoms. The van der Waals surface area contributed by atoms with Crippen LogP contribution in [0.15, 0.2) is 12.5 Å². The Bertz CT molecular complexity index is 719. The lowest BCUT2D eigenvalue weighted by Crippen LogP contribution is -2.49. The molecule has 2 aromatic heterocycles. The van der Waals surface area contributed by atoms with Gasteiger partial charge in [0.05, 0.1) is 5.39 Å². The SMILES string of the molecule is CN1CCN(C2CCC(n3cc(I)c4c(N)ncnc43)CC2)CC1.Cl. The van der Waals surface area contributed by atoms with Crippen LogP contribution in [0.1, 0.15) is 31.7 Å². The van der Waals surface area contributed by atoms with Crippen LogP contribution in [-0.4, -0.2) is 63.6 Å². The summed E-state index contributed by atoms with van der Waals surface area (Å²) in [5, 5.41) is 1.01. The smallest absolute Gasteiger partial charge is 0.146 e. The van der Waals surface area contributed by atoms with Crippen molar-refractivity contribution in [1.29, 1.82) is 0 Å².